The minimum atomic E-state index is -4.66. The number of halogens is 3. The van der Waals surface area contributed by atoms with Crippen LogP contribution in [0.15, 0.2) is 18.3 Å². The SMILES string of the molecule is Cc1nn(C)cc1-c1cc(C(F)(F)F)n2nc(C(=O)N3CCN4CCC[C@H]4C3)cc2n1. The van der Waals surface area contributed by atoms with Gasteiger partial charge in [-0.05, 0) is 32.4 Å². The molecule has 0 aliphatic carbocycles. The van der Waals surface area contributed by atoms with Crippen LogP contribution >= 0.6 is 0 Å². The molecule has 2 fully saturated rings. The summed E-state index contributed by atoms with van der Waals surface area (Å²) in [4.78, 5) is 21.5. The number of carbonyl (C=O) groups is 1. The summed E-state index contributed by atoms with van der Waals surface area (Å²) in [5.41, 5.74) is 0.194. The number of hydrogen-bond acceptors (Lipinski definition) is 5. The minimum absolute atomic E-state index is 0.0177. The number of piperazine rings is 1. The van der Waals surface area contributed by atoms with E-state index in [1.165, 1.54) is 10.7 Å². The number of nitrogens with zero attached hydrogens (tertiary/aromatic N) is 7. The molecule has 0 N–H and O–H groups in total. The Hall–Kier alpha value is -2.95. The largest absolute Gasteiger partial charge is 0.433 e. The van der Waals surface area contributed by atoms with Crippen molar-refractivity contribution in [2.45, 2.75) is 32.0 Å². The summed E-state index contributed by atoms with van der Waals surface area (Å²) in [5, 5.41) is 8.20. The minimum Gasteiger partial charge on any atom is -0.334 e. The molecule has 3 aromatic heterocycles. The quantitative estimate of drug-likeness (QED) is 0.621. The van der Waals surface area contributed by atoms with Crippen LogP contribution in [0.4, 0.5) is 13.2 Å². The lowest BCUT2D eigenvalue weighted by Crippen LogP contribution is -2.52. The second-order valence-corrected chi connectivity index (χ2v) is 8.21. The fraction of sp³-hybridized carbons (Fsp3) is 0.500. The van der Waals surface area contributed by atoms with E-state index in [-0.39, 0.29) is 22.9 Å². The molecule has 2 aliphatic heterocycles. The number of amides is 1. The topological polar surface area (TPSA) is 71.6 Å². The monoisotopic (exact) mass is 433 g/mol. The van der Waals surface area contributed by atoms with E-state index in [4.69, 9.17) is 0 Å². The number of alkyl halides is 3. The molecule has 3 aromatic rings. The van der Waals surface area contributed by atoms with Crippen molar-refractivity contribution in [2.24, 2.45) is 7.05 Å². The van der Waals surface area contributed by atoms with Gasteiger partial charge in [0.1, 0.15) is 0 Å². The summed E-state index contributed by atoms with van der Waals surface area (Å²) in [5.74, 6) is -0.357. The van der Waals surface area contributed by atoms with Crippen LogP contribution in [0.5, 0.6) is 0 Å². The summed E-state index contributed by atoms with van der Waals surface area (Å²) in [6.07, 6.45) is -0.898. The van der Waals surface area contributed by atoms with E-state index in [1.54, 1.807) is 25.1 Å². The maximum atomic E-state index is 13.8. The van der Waals surface area contributed by atoms with E-state index in [1.807, 2.05) is 0 Å². The van der Waals surface area contributed by atoms with Crippen LogP contribution in [0, 0.1) is 6.92 Å². The van der Waals surface area contributed by atoms with Crippen molar-refractivity contribution in [3.63, 3.8) is 0 Å². The molecule has 31 heavy (non-hydrogen) atoms. The van der Waals surface area contributed by atoms with E-state index in [9.17, 15) is 18.0 Å². The van der Waals surface area contributed by atoms with Gasteiger partial charge in [0, 0.05) is 50.6 Å². The van der Waals surface area contributed by atoms with Crippen LogP contribution in [0.2, 0.25) is 0 Å². The fourth-order valence-electron chi connectivity index (χ4n) is 4.61. The zero-order valence-electron chi connectivity index (χ0n) is 17.2. The second kappa shape index (κ2) is 7.04. The fourth-order valence-corrected chi connectivity index (χ4v) is 4.61. The first-order chi connectivity index (χ1) is 14.7. The Morgan fingerprint density at radius 2 is 1.97 bits per heavy atom. The summed E-state index contributed by atoms with van der Waals surface area (Å²) < 4.78 is 43.7. The Morgan fingerprint density at radius 3 is 2.68 bits per heavy atom. The lowest BCUT2D eigenvalue weighted by atomic mass is 10.1. The molecule has 0 aromatic carbocycles. The number of hydrogen-bond donors (Lipinski definition) is 0. The van der Waals surface area contributed by atoms with Crippen molar-refractivity contribution in [1.82, 2.24) is 34.2 Å². The number of aryl methyl sites for hydroxylation is 2. The normalized spacial score (nSPS) is 19.9. The van der Waals surface area contributed by atoms with Gasteiger partial charge in [0.2, 0.25) is 0 Å². The molecule has 0 unspecified atom stereocenters. The first-order valence-electron chi connectivity index (χ1n) is 10.2. The molecule has 1 atom stereocenters. The summed E-state index contributed by atoms with van der Waals surface area (Å²) >= 11 is 0. The van der Waals surface area contributed by atoms with E-state index in [0.717, 1.165) is 32.0 Å². The lowest BCUT2D eigenvalue weighted by Gasteiger charge is -2.37. The summed E-state index contributed by atoms with van der Waals surface area (Å²) in [7, 11) is 1.69. The highest BCUT2D eigenvalue weighted by Crippen LogP contribution is 2.33. The Labute approximate surface area is 176 Å². The van der Waals surface area contributed by atoms with Gasteiger partial charge in [-0.15, -0.1) is 0 Å². The predicted molar refractivity (Wildman–Crippen MR) is 105 cm³/mol. The highest BCUT2D eigenvalue weighted by Gasteiger charge is 2.37. The van der Waals surface area contributed by atoms with Gasteiger partial charge in [-0.3, -0.25) is 14.4 Å². The Kier molecular flexibility index (Phi) is 4.54. The van der Waals surface area contributed by atoms with E-state index < -0.39 is 11.9 Å². The second-order valence-electron chi connectivity index (χ2n) is 8.21. The molecular weight excluding hydrogens is 411 g/mol. The summed E-state index contributed by atoms with van der Waals surface area (Å²) in [6, 6.07) is 2.61. The van der Waals surface area contributed by atoms with E-state index in [0.29, 0.717) is 34.9 Å². The summed E-state index contributed by atoms with van der Waals surface area (Å²) in [6.45, 7) is 4.65. The van der Waals surface area contributed by atoms with Crippen LogP contribution < -0.4 is 0 Å². The van der Waals surface area contributed by atoms with Gasteiger partial charge in [0.15, 0.2) is 17.0 Å². The molecule has 0 bridgehead atoms. The average Bonchev–Trinajstić information content (AvgIpc) is 3.42. The molecule has 2 saturated heterocycles. The van der Waals surface area contributed by atoms with Crippen LogP contribution in [-0.2, 0) is 13.2 Å². The number of rotatable bonds is 2. The first-order valence-corrected chi connectivity index (χ1v) is 10.2. The number of fused-ring (bicyclic) bond motifs is 2. The van der Waals surface area contributed by atoms with Crippen LogP contribution in [0.3, 0.4) is 0 Å². The van der Waals surface area contributed by atoms with Crippen LogP contribution in [-0.4, -0.2) is 72.3 Å². The van der Waals surface area contributed by atoms with Gasteiger partial charge in [0.05, 0.1) is 11.4 Å². The van der Waals surface area contributed by atoms with E-state index in [2.05, 4.69) is 20.1 Å². The average molecular weight is 433 g/mol. The lowest BCUT2D eigenvalue weighted by molar-refractivity contribution is -0.142. The van der Waals surface area contributed by atoms with Crippen molar-refractivity contribution in [1.29, 1.82) is 0 Å². The van der Waals surface area contributed by atoms with Crippen molar-refractivity contribution >= 4 is 11.6 Å². The molecule has 11 heteroatoms. The molecule has 0 saturated carbocycles. The predicted octanol–water partition coefficient (Wildman–Crippen LogP) is 2.38. The molecule has 5 heterocycles. The molecular formula is C20H22F3N7O. The molecule has 5 rings (SSSR count). The smallest absolute Gasteiger partial charge is 0.334 e. The highest BCUT2D eigenvalue weighted by molar-refractivity contribution is 5.93. The van der Waals surface area contributed by atoms with Crippen molar-refractivity contribution in [3.05, 3.63) is 35.4 Å². The number of carbonyl (C=O) groups excluding carboxylic acids is 1. The van der Waals surface area contributed by atoms with Gasteiger partial charge < -0.3 is 4.90 Å². The third-order valence-electron chi connectivity index (χ3n) is 6.10. The van der Waals surface area contributed by atoms with E-state index >= 15 is 0 Å². The van der Waals surface area contributed by atoms with Crippen molar-refractivity contribution in [3.8, 4) is 11.3 Å². The maximum Gasteiger partial charge on any atom is 0.433 e. The molecule has 2 aliphatic rings. The standard InChI is InChI=1S/C20H22F3N7O/c1-12-14(11-27(2)25-12)15-8-17(20(21,22)23)30-18(24-15)9-16(26-30)19(31)29-7-6-28-5-3-4-13(28)10-29/h8-9,11,13H,3-7,10H2,1-2H3/t13-/m0/s1. The zero-order chi connectivity index (χ0) is 21.9. The first kappa shape index (κ1) is 20.0. The van der Waals surface area contributed by atoms with Crippen molar-refractivity contribution in [2.75, 3.05) is 26.2 Å². The highest BCUT2D eigenvalue weighted by atomic mass is 19.4. The number of aromatic nitrogens is 5. The van der Waals surface area contributed by atoms with Gasteiger partial charge in [-0.2, -0.15) is 23.4 Å². The Bertz CT molecular complexity index is 1170. The van der Waals surface area contributed by atoms with Crippen LogP contribution in [0.1, 0.15) is 34.7 Å². The molecule has 8 nitrogen and oxygen atoms in total. The zero-order valence-corrected chi connectivity index (χ0v) is 17.2. The molecule has 164 valence electrons. The third kappa shape index (κ3) is 3.46. The maximum absolute atomic E-state index is 13.8. The third-order valence-corrected chi connectivity index (χ3v) is 6.10. The molecule has 0 spiro atoms. The van der Waals surface area contributed by atoms with Crippen molar-refractivity contribution < 1.29 is 18.0 Å². The molecule has 1 amide bonds. The van der Waals surface area contributed by atoms with Gasteiger partial charge in [-0.25, -0.2) is 9.50 Å². The van der Waals surface area contributed by atoms with Gasteiger partial charge in [-0.1, -0.05) is 0 Å². The van der Waals surface area contributed by atoms with Gasteiger partial charge in [0.25, 0.3) is 5.91 Å². The van der Waals surface area contributed by atoms with Gasteiger partial charge >= 0.3 is 6.18 Å². The van der Waals surface area contributed by atoms with Crippen LogP contribution in [0.25, 0.3) is 16.9 Å². The Morgan fingerprint density at radius 1 is 1.16 bits per heavy atom. The Balaban J connectivity index is 1.55. The molecule has 0 radical (unpaired) electrons.